The van der Waals surface area contributed by atoms with Crippen LogP contribution in [0.5, 0.6) is 0 Å². The number of carbonyl (C=O) groups is 2. The second-order valence-corrected chi connectivity index (χ2v) is 9.19. The highest BCUT2D eigenvalue weighted by molar-refractivity contribution is 8.00. The maximum absolute atomic E-state index is 12.8. The van der Waals surface area contributed by atoms with Crippen LogP contribution >= 0.6 is 23.1 Å². The highest BCUT2D eigenvalue weighted by atomic mass is 32.2. The maximum Gasteiger partial charge on any atom is 0.258 e. The van der Waals surface area contributed by atoms with Crippen LogP contribution in [-0.4, -0.2) is 27.8 Å². The van der Waals surface area contributed by atoms with E-state index in [1.807, 2.05) is 49.4 Å². The second kappa shape index (κ2) is 11.6. The van der Waals surface area contributed by atoms with Crippen molar-refractivity contribution in [2.24, 2.45) is 0 Å². The first-order valence-electron chi connectivity index (χ1n) is 10.3. The van der Waals surface area contributed by atoms with Gasteiger partial charge in [0.05, 0.1) is 11.3 Å². The second-order valence-electron chi connectivity index (χ2n) is 7.11. The number of carbonyl (C=O) groups excluding carboxylic acids is 2. The summed E-state index contributed by atoms with van der Waals surface area (Å²) in [4.78, 5) is 25.8. The van der Waals surface area contributed by atoms with E-state index in [4.69, 9.17) is 0 Å². The largest absolute Gasteiger partial charge is 0.325 e. The summed E-state index contributed by atoms with van der Waals surface area (Å²) in [5.41, 5.74) is 2.41. The van der Waals surface area contributed by atoms with Crippen molar-refractivity contribution in [3.05, 3.63) is 64.7 Å². The average molecular weight is 455 g/mol. The summed E-state index contributed by atoms with van der Waals surface area (Å²) >= 11 is 2.74. The Hall–Kier alpha value is -2.71. The zero-order valence-corrected chi connectivity index (χ0v) is 19.3. The number of amides is 2. The summed E-state index contributed by atoms with van der Waals surface area (Å²) in [7, 11) is 0. The highest BCUT2D eigenvalue weighted by Gasteiger charge is 2.15. The third kappa shape index (κ3) is 7.18. The summed E-state index contributed by atoms with van der Waals surface area (Å²) < 4.78 is 0. The van der Waals surface area contributed by atoms with E-state index in [9.17, 15) is 9.59 Å². The molecule has 2 amide bonds. The van der Waals surface area contributed by atoms with Gasteiger partial charge in [-0.2, -0.15) is 0 Å². The molecule has 31 heavy (non-hydrogen) atoms. The minimum atomic E-state index is -0.252. The van der Waals surface area contributed by atoms with Gasteiger partial charge in [-0.25, -0.2) is 0 Å². The molecule has 0 saturated carbocycles. The molecule has 6 nitrogen and oxygen atoms in total. The molecule has 3 aromatic rings. The molecule has 0 aliphatic rings. The van der Waals surface area contributed by atoms with E-state index in [2.05, 4.69) is 27.8 Å². The fraction of sp³-hybridized carbons (Fsp3) is 0.304. The Morgan fingerprint density at radius 1 is 1.00 bits per heavy atom. The molecule has 0 aliphatic carbocycles. The topological polar surface area (TPSA) is 84.0 Å². The van der Waals surface area contributed by atoms with E-state index < -0.39 is 0 Å². The first-order chi connectivity index (χ1) is 15.0. The summed E-state index contributed by atoms with van der Waals surface area (Å²) in [5.74, 6) is -0.165. The Morgan fingerprint density at radius 2 is 1.77 bits per heavy atom. The minimum absolute atomic E-state index is 0.120. The summed E-state index contributed by atoms with van der Waals surface area (Å²) in [6, 6.07) is 14.9. The summed E-state index contributed by atoms with van der Waals surface area (Å²) in [6.45, 7) is 4.16. The van der Waals surface area contributed by atoms with Crippen LogP contribution in [0.25, 0.3) is 0 Å². The van der Waals surface area contributed by atoms with Gasteiger partial charge in [-0.3, -0.25) is 14.9 Å². The molecule has 2 aromatic carbocycles. The molecule has 0 saturated heterocycles. The van der Waals surface area contributed by atoms with Gasteiger partial charge in [-0.05, 0) is 37.6 Å². The molecule has 8 heteroatoms. The lowest BCUT2D eigenvalue weighted by atomic mass is 10.2. The van der Waals surface area contributed by atoms with E-state index in [1.165, 1.54) is 23.1 Å². The van der Waals surface area contributed by atoms with Gasteiger partial charge < -0.3 is 5.32 Å². The zero-order valence-electron chi connectivity index (χ0n) is 17.7. The molecule has 2 N–H and O–H groups in total. The lowest BCUT2D eigenvalue weighted by molar-refractivity contribution is -0.113. The molecule has 1 aromatic heterocycles. The van der Waals surface area contributed by atoms with Crippen molar-refractivity contribution in [3.63, 3.8) is 0 Å². The van der Waals surface area contributed by atoms with Crippen LogP contribution in [0.3, 0.4) is 0 Å². The molecule has 0 unspecified atom stereocenters. The number of hydrogen-bond acceptors (Lipinski definition) is 6. The standard InChI is InChI=1S/C23H26N4O2S2/c1-3-4-5-10-21-26-27-23(31-21)25-22(29)18-8-6-7-9-19(18)30-15-20(28)24-17-13-11-16(2)12-14-17/h6-9,11-14H,3-5,10,15H2,1-2H3,(H,24,28)(H,25,27,29). The lowest BCUT2D eigenvalue weighted by Crippen LogP contribution is -2.15. The number of anilines is 2. The van der Waals surface area contributed by atoms with Crippen LogP contribution in [0.1, 0.15) is 47.1 Å². The zero-order chi connectivity index (χ0) is 22.1. The van der Waals surface area contributed by atoms with Crippen molar-refractivity contribution in [1.82, 2.24) is 10.2 Å². The molecule has 0 radical (unpaired) electrons. The van der Waals surface area contributed by atoms with E-state index in [0.29, 0.717) is 10.7 Å². The molecule has 0 atom stereocenters. The van der Waals surface area contributed by atoms with Gasteiger partial charge in [0.1, 0.15) is 5.01 Å². The monoisotopic (exact) mass is 454 g/mol. The van der Waals surface area contributed by atoms with Gasteiger partial charge in [0.2, 0.25) is 11.0 Å². The van der Waals surface area contributed by atoms with Crippen LogP contribution in [0.2, 0.25) is 0 Å². The molecule has 0 spiro atoms. The number of nitrogens with zero attached hydrogens (tertiary/aromatic N) is 2. The number of unbranched alkanes of at least 4 members (excludes halogenated alkanes) is 2. The van der Waals surface area contributed by atoms with Gasteiger partial charge in [0.25, 0.3) is 5.91 Å². The maximum atomic E-state index is 12.8. The molecule has 3 rings (SSSR count). The van der Waals surface area contributed by atoms with Crippen LogP contribution in [-0.2, 0) is 11.2 Å². The molecule has 0 bridgehead atoms. The predicted octanol–water partition coefficient (Wildman–Crippen LogP) is 5.56. The Morgan fingerprint density at radius 3 is 2.55 bits per heavy atom. The van der Waals surface area contributed by atoms with Crippen molar-refractivity contribution < 1.29 is 9.59 Å². The number of hydrogen-bond donors (Lipinski definition) is 2. The number of benzene rings is 2. The van der Waals surface area contributed by atoms with Gasteiger partial charge in [0, 0.05) is 17.0 Å². The number of aromatic nitrogens is 2. The molecule has 1 heterocycles. The molecule has 0 fully saturated rings. The van der Waals surface area contributed by atoms with E-state index in [0.717, 1.165) is 46.8 Å². The number of nitrogens with one attached hydrogen (secondary N) is 2. The van der Waals surface area contributed by atoms with Crippen LogP contribution in [0, 0.1) is 6.92 Å². The fourth-order valence-corrected chi connectivity index (χ4v) is 4.48. The first-order valence-corrected chi connectivity index (χ1v) is 12.1. The summed E-state index contributed by atoms with van der Waals surface area (Å²) in [6.07, 6.45) is 4.26. The van der Waals surface area contributed by atoms with Crippen molar-refractivity contribution >= 4 is 45.7 Å². The molecule has 162 valence electrons. The number of thioether (sulfide) groups is 1. The van der Waals surface area contributed by atoms with Crippen molar-refractivity contribution in [2.45, 2.75) is 44.4 Å². The van der Waals surface area contributed by atoms with Gasteiger partial charge >= 0.3 is 0 Å². The molecular formula is C23H26N4O2S2. The normalized spacial score (nSPS) is 10.6. The van der Waals surface area contributed by atoms with Crippen molar-refractivity contribution in [3.8, 4) is 0 Å². The number of rotatable bonds is 10. The van der Waals surface area contributed by atoms with Gasteiger partial charge in [-0.15, -0.1) is 22.0 Å². The Bertz CT molecular complexity index is 1020. The quantitative estimate of drug-likeness (QED) is 0.309. The third-order valence-corrected chi connectivity index (χ3v) is 6.48. The van der Waals surface area contributed by atoms with Crippen molar-refractivity contribution in [2.75, 3.05) is 16.4 Å². The van der Waals surface area contributed by atoms with E-state index >= 15 is 0 Å². The predicted molar refractivity (Wildman–Crippen MR) is 128 cm³/mol. The fourth-order valence-electron chi connectivity index (χ4n) is 2.85. The summed E-state index contributed by atoms with van der Waals surface area (Å²) in [5, 5.41) is 15.4. The van der Waals surface area contributed by atoms with E-state index in [-0.39, 0.29) is 17.6 Å². The average Bonchev–Trinajstić information content (AvgIpc) is 3.21. The Balaban J connectivity index is 1.57. The highest BCUT2D eigenvalue weighted by Crippen LogP contribution is 2.25. The Labute approximate surface area is 190 Å². The van der Waals surface area contributed by atoms with Crippen molar-refractivity contribution in [1.29, 1.82) is 0 Å². The third-order valence-electron chi connectivity index (χ3n) is 4.51. The van der Waals surface area contributed by atoms with Gasteiger partial charge in [0.15, 0.2) is 0 Å². The SMILES string of the molecule is CCCCCc1nnc(NC(=O)c2ccccc2SCC(=O)Nc2ccc(C)cc2)s1. The minimum Gasteiger partial charge on any atom is -0.325 e. The molecular weight excluding hydrogens is 428 g/mol. The number of aryl methyl sites for hydroxylation is 2. The Kier molecular flexibility index (Phi) is 8.61. The van der Waals surface area contributed by atoms with Crippen LogP contribution in [0.4, 0.5) is 10.8 Å². The van der Waals surface area contributed by atoms with Crippen LogP contribution < -0.4 is 10.6 Å². The first kappa shape index (κ1) is 23.0. The van der Waals surface area contributed by atoms with Crippen LogP contribution in [0.15, 0.2) is 53.4 Å². The van der Waals surface area contributed by atoms with Gasteiger partial charge in [-0.1, -0.05) is 60.9 Å². The smallest absolute Gasteiger partial charge is 0.258 e. The van der Waals surface area contributed by atoms with E-state index in [1.54, 1.807) is 6.07 Å². The molecule has 0 aliphatic heterocycles. The lowest BCUT2D eigenvalue weighted by Gasteiger charge is -2.09.